The molecule has 0 bridgehead atoms. The van der Waals surface area contributed by atoms with E-state index in [0.717, 1.165) is 5.75 Å². The number of carbonyl (C=O) groups is 1. The SMILES string of the molecule is CCOc1ccc(Oc2ccc(NC(=O)c3ccc(-n4ccnc4)nc3)cc2)cc1. The van der Waals surface area contributed by atoms with Crippen molar-refractivity contribution in [3.8, 4) is 23.1 Å². The van der Waals surface area contributed by atoms with E-state index in [1.54, 1.807) is 59.7 Å². The Morgan fingerprint density at radius 3 is 2.27 bits per heavy atom. The lowest BCUT2D eigenvalue weighted by Gasteiger charge is -2.09. The number of nitrogens with one attached hydrogen (secondary N) is 1. The molecular formula is C23H20N4O3. The fourth-order valence-corrected chi connectivity index (χ4v) is 2.78. The fourth-order valence-electron chi connectivity index (χ4n) is 2.78. The predicted molar refractivity (Wildman–Crippen MR) is 113 cm³/mol. The number of hydrogen-bond donors (Lipinski definition) is 1. The summed E-state index contributed by atoms with van der Waals surface area (Å²) >= 11 is 0. The quantitative estimate of drug-likeness (QED) is 0.486. The van der Waals surface area contributed by atoms with Gasteiger partial charge in [-0.3, -0.25) is 9.36 Å². The van der Waals surface area contributed by atoms with Gasteiger partial charge in [0.2, 0.25) is 0 Å². The number of nitrogens with zero attached hydrogens (tertiary/aromatic N) is 3. The van der Waals surface area contributed by atoms with Crippen LogP contribution < -0.4 is 14.8 Å². The molecule has 0 aliphatic rings. The monoisotopic (exact) mass is 400 g/mol. The van der Waals surface area contributed by atoms with Crippen molar-refractivity contribution >= 4 is 11.6 Å². The van der Waals surface area contributed by atoms with Crippen LogP contribution in [0.15, 0.2) is 85.6 Å². The number of amides is 1. The summed E-state index contributed by atoms with van der Waals surface area (Å²) in [4.78, 5) is 20.7. The van der Waals surface area contributed by atoms with Gasteiger partial charge in [0.1, 0.15) is 29.4 Å². The molecule has 0 unspecified atom stereocenters. The van der Waals surface area contributed by atoms with Gasteiger partial charge in [-0.1, -0.05) is 0 Å². The van der Waals surface area contributed by atoms with Crippen molar-refractivity contribution in [2.45, 2.75) is 6.92 Å². The van der Waals surface area contributed by atoms with Gasteiger partial charge >= 0.3 is 0 Å². The highest BCUT2D eigenvalue weighted by molar-refractivity contribution is 6.04. The van der Waals surface area contributed by atoms with Crippen LogP contribution in [-0.2, 0) is 0 Å². The molecule has 0 saturated heterocycles. The van der Waals surface area contributed by atoms with Crippen molar-refractivity contribution in [2.24, 2.45) is 0 Å². The third kappa shape index (κ3) is 4.64. The van der Waals surface area contributed by atoms with E-state index in [0.29, 0.717) is 35.2 Å². The fraction of sp³-hybridized carbons (Fsp3) is 0.0870. The third-order valence-corrected chi connectivity index (χ3v) is 4.26. The molecule has 2 heterocycles. The first kappa shape index (κ1) is 19.2. The Hall–Kier alpha value is -4.13. The van der Waals surface area contributed by atoms with Crippen molar-refractivity contribution in [3.05, 3.63) is 91.1 Å². The molecule has 4 aromatic rings. The van der Waals surface area contributed by atoms with Gasteiger partial charge in [0, 0.05) is 24.3 Å². The lowest BCUT2D eigenvalue weighted by Crippen LogP contribution is -2.12. The van der Waals surface area contributed by atoms with Crippen LogP contribution in [0.3, 0.4) is 0 Å². The van der Waals surface area contributed by atoms with Crippen molar-refractivity contribution in [3.63, 3.8) is 0 Å². The lowest BCUT2D eigenvalue weighted by molar-refractivity contribution is 0.102. The second kappa shape index (κ2) is 8.91. The number of ether oxygens (including phenoxy) is 2. The molecule has 2 aromatic heterocycles. The number of pyridine rings is 1. The van der Waals surface area contributed by atoms with Crippen molar-refractivity contribution in [2.75, 3.05) is 11.9 Å². The first-order valence-corrected chi connectivity index (χ1v) is 9.48. The number of imidazole rings is 1. The van der Waals surface area contributed by atoms with Crippen molar-refractivity contribution in [1.82, 2.24) is 14.5 Å². The number of aromatic nitrogens is 3. The van der Waals surface area contributed by atoms with Gasteiger partial charge in [-0.05, 0) is 67.6 Å². The van der Waals surface area contributed by atoms with Gasteiger partial charge in [-0.15, -0.1) is 0 Å². The van der Waals surface area contributed by atoms with E-state index in [1.807, 2.05) is 31.2 Å². The Bertz CT molecular complexity index is 1090. The highest BCUT2D eigenvalue weighted by Crippen LogP contribution is 2.25. The smallest absolute Gasteiger partial charge is 0.257 e. The summed E-state index contributed by atoms with van der Waals surface area (Å²) in [5.41, 5.74) is 1.13. The summed E-state index contributed by atoms with van der Waals surface area (Å²) in [6, 6.07) is 18.1. The van der Waals surface area contributed by atoms with Crippen LogP contribution in [0.25, 0.3) is 5.82 Å². The van der Waals surface area contributed by atoms with E-state index in [4.69, 9.17) is 9.47 Å². The third-order valence-electron chi connectivity index (χ3n) is 4.26. The summed E-state index contributed by atoms with van der Waals surface area (Å²) in [5.74, 6) is 2.64. The Morgan fingerprint density at radius 1 is 0.967 bits per heavy atom. The van der Waals surface area contributed by atoms with E-state index < -0.39 is 0 Å². The van der Waals surface area contributed by atoms with Crippen molar-refractivity contribution < 1.29 is 14.3 Å². The van der Waals surface area contributed by atoms with Crippen LogP contribution in [0.5, 0.6) is 17.2 Å². The van der Waals surface area contributed by atoms with E-state index in [9.17, 15) is 4.79 Å². The maximum atomic E-state index is 12.5. The molecule has 0 aliphatic heterocycles. The normalized spacial score (nSPS) is 10.4. The standard InChI is InChI=1S/C23H20N4O3/c1-2-29-19-8-10-21(11-9-19)30-20-6-4-18(5-7-20)26-23(28)17-3-12-22(25-15-17)27-14-13-24-16-27/h3-16H,2H2,1H3,(H,26,28). The molecule has 0 fully saturated rings. The summed E-state index contributed by atoms with van der Waals surface area (Å²) in [5, 5.41) is 2.85. The highest BCUT2D eigenvalue weighted by Gasteiger charge is 2.08. The summed E-state index contributed by atoms with van der Waals surface area (Å²) in [6.45, 7) is 2.57. The molecular weight excluding hydrogens is 380 g/mol. The number of carbonyl (C=O) groups excluding carboxylic acids is 1. The minimum Gasteiger partial charge on any atom is -0.494 e. The molecule has 150 valence electrons. The van der Waals surface area contributed by atoms with Gasteiger partial charge in [-0.2, -0.15) is 0 Å². The topological polar surface area (TPSA) is 78.3 Å². The second-order valence-electron chi connectivity index (χ2n) is 6.36. The Morgan fingerprint density at radius 2 is 1.67 bits per heavy atom. The van der Waals surface area contributed by atoms with E-state index >= 15 is 0 Å². The summed E-state index contributed by atoms with van der Waals surface area (Å²) in [6.07, 6.45) is 6.65. The largest absolute Gasteiger partial charge is 0.494 e. The minimum absolute atomic E-state index is 0.236. The van der Waals surface area contributed by atoms with E-state index in [1.165, 1.54) is 6.20 Å². The number of rotatable bonds is 7. The number of anilines is 1. The van der Waals surface area contributed by atoms with Crippen LogP contribution >= 0.6 is 0 Å². The second-order valence-corrected chi connectivity index (χ2v) is 6.36. The molecule has 4 rings (SSSR count). The van der Waals surface area contributed by atoms with Crippen LogP contribution in [0.2, 0.25) is 0 Å². The van der Waals surface area contributed by atoms with Crippen molar-refractivity contribution in [1.29, 1.82) is 0 Å². The number of benzene rings is 2. The zero-order valence-corrected chi connectivity index (χ0v) is 16.4. The molecule has 0 atom stereocenters. The van der Waals surface area contributed by atoms with E-state index in [2.05, 4.69) is 15.3 Å². The molecule has 30 heavy (non-hydrogen) atoms. The number of hydrogen-bond acceptors (Lipinski definition) is 5. The zero-order chi connectivity index (χ0) is 20.8. The molecule has 1 amide bonds. The van der Waals surface area contributed by atoms with E-state index in [-0.39, 0.29) is 5.91 Å². The molecule has 1 N–H and O–H groups in total. The van der Waals surface area contributed by atoms with Gasteiger partial charge in [-0.25, -0.2) is 9.97 Å². The highest BCUT2D eigenvalue weighted by atomic mass is 16.5. The first-order chi connectivity index (χ1) is 14.7. The molecule has 0 aliphatic carbocycles. The molecule has 0 radical (unpaired) electrons. The molecule has 0 saturated carbocycles. The average molecular weight is 400 g/mol. The summed E-state index contributed by atoms with van der Waals surface area (Å²) in [7, 11) is 0. The maximum absolute atomic E-state index is 12.5. The predicted octanol–water partition coefficient (Wildman–Crippen LogP) is 4.71. The van der Waals surface area contributed by atoms with Gasteiger partial charge in [0.15, 0.2) is 0 Å². The lowest BCUT2D eigenvalue weighted by atomic mass is 10.2. The Balaban J connectivity index is 1.36. The zero-order valence-electron chi connectivity index (χ0n) is 16.4. The molecule has 2 aromatic carbocycles. The van der Waals surface area contributed by atoms with Crippen LogP contribution in [0, 0.1) is 0 Å². The maximum Gasteiger partial charge on any atom is 0.257 e. The van der Waals surface area contributed by atoms with Gasteiger partial charge < -0.3 is 14.8 Å². The Labute approximate surface area is 173 Å². The van der Waals surface area contributed by atoms with Gasteiger partial charge in [0.25, 0.3) is 5.91 Å². The molecule has 0 spiro atoms. The van der Waals surface area contributed by atoms with Crippen LogP contribution in [0.4, 0.5) is 5.69 Å². The average Bonchev–Trinajstić information content (AvgIpc) is 3.32. The van der Waals surface area contributed by atoms with Crippen LogP contribution in [0.1, 0.15) is 17.3 Å². The Kier molecular flexibility index (Phi) is 5.70. The summed E-state index contributed by atoms with van der Waals surface area (Å²) < 4.78 is 13.0. The first-order valence-electron chi connectivity index (χ1n) is 9.48. The van der Waals surface area contributed by atoms with Crippen LogP contribution in [-0.4, -0.2) is 27.0 Å². The minimum atomic E-state index is -0.236. The van der Waals surface area contributed by atoms with Gasteiger partial charge in [0.05, 0.1) is 12.2 Å². The molecule has 7 nitrogen and oxygen atoms in total. The molecule has 7 heteroatoms.